The Morgan fingerprint density at radius 2 is 2.12 bits per heavy atom. The van der Waals surface area contributed by atoms with Crippen LogP contribution in [-0.4, -0.2) is 49.6 Å². The number of benzene rings is 1. The van der Waals surface area contributed by atoms with Gasteiger partial charge in [0, 0.05) is 35.4 Å². The van der Waals surface area contributed by atoms with E-state index in [0.717, 1.165) is 6.54 Å². The Morgan fingerprint density at radius 3 is 2.80 bits per heavy atom. The lowest BCUT2D eigenvalue weighted by Gasteiger charge is -2.56. The van der Waals surface area contributed by atoms with Crippen molar-refractivity contribution in [1.29, 1.82) is 0 Å². The van der Waals surface area contributed by atoms with Crippen molar-refractivity contribution in [2.45, 2.75) is 30.7 Å². The quantitative estimate of drug-likeness (QED) is 0.888. The molecule has 0 spiro atoms. The molecule has 1 fully saturated rings. The number of carbonyl (C=O) groups excluding carboxylic acids is 1. The van der Waals surface area contributed by atoms with Crippen LogP contribution in [0.5, 0.6) is 11.5 Å². The van der Waals surface area contributed by atoms with E-state index in [0.29, 0.717) is 29.7 Å². The highest BCUT2D eigenvalue weighted by Crippen LogP contribution is 2.58. The van der Waals surface area contributed by atoms with Gasteiger partial charge in [-0.2, -0.15) is 0 Å². The number of hydrogen-bond donors (Lipinski definition) is 1. The van der Waals surface area contributed by atoms with Gasteiger partial charge in [-0.05, 0) is 38.1 Å². The maximum absolute atomic E-state index is 14.8. The molecule has 25 heavy (non-hydrogen) atoms. The minimum absolute atomic E-state index is 0.0104. The summed E-state index contributed by atoms with van der Waals surface area (Å²) >= 11 is 0. The second-order valence-corrected chi connectivity index (χ2v) is 7.28. The van der Waals surface area contributed by atoms with Gasteiger partial charge in [0.25, 0.3) is 0 Å². The number of carbonyl (C=O) groups is 1. The number of methoxy groups -OCH3 is 2. The summed E-state index contributed by atoms with van der Waals surface area (Å²) in [4.78, 5) is 14.8. The van der Waals surface area contributed by atoms with Crippen LogP contribution in [0, 0.1) is 11.7 Å². The molecule has 4 rings (SSSR count). The van der Waals surface area contributed by atoms with Crippen LogP contribution >= 0.6 is 0 Å². The number of ether oxygens (including phenoxy) is 2. The molecule has 3 atom stereocenters. The summed E-state index contributed by atoms with van der Waals surface area (Å²) in [7, 11) is 4.93. The zero-order chi connectivity index (χ0) is 17.9. The number of phenols is 1. The van der Waals surface area contributed by atoms with Crippen LogP contribution in [0.2, 0.25) is 0 Å². The van der Waals surface area contributed by atoms with Crippen LogP contribution in [0.15, 0.2) is 17.9 Å². The summed E-state index contributed by atoms with van der Waals surface area (Å²) in [6.07, 6.45) is 3.27. The van der Waals surface area contributed by atoms with Crippen molar-refractivity contribution < 1.29 is 23.8 Å². The molecule has 0 radical (unpaired) electrons. The van der Waals surface area contributed by atoms with Gasteiger partial charge in [0.05, 0.1) is 14.2 Å². The van der Waals surface area contributed by atoms with Crippen LogP contribution in [0.25, 0.3) is 0 Å². The molecule has 3 aliphatic rings. The predicted octanol–water partition coefficient (Wildman–Crippen LogP) is 2.16. The summed E-state index contributed by atoms with van der Waals surface area (Å²) < 4.78 is 25.2. The third-order valence-corrected chi connectivity index (χ3v) is 6.28. The number of nitrogens with zero attached hydrogens (tertiary/aromatic N) is 1. The molecule has 0 saturated carbocycles. The number of phenolic OH excluding ortho intramolecular Hbond substituents is 1. The Balaban J connectivity index is 2.01. The van der Waals surface area contributed by atoms with Crippen LogP contribution in [0.3, 0.4) is 0 Å². The number of rotatable bonds is 2. The van der Waals surface area contributed by atoms with E-state index in [2.05, 4.69) is 4.90 Å². The summed E-state index contributed by atoms with van der Waals surface area (Å²) in [5.74, 6) is -0.0324. The number of fused-ring (bicyclic) bond motifs is 1. The Labute approximate surface area is 146 Å². The first-order valence-electron chi connectivity index (χ1n) is 8.51. The minimum atomic E-state index is -0.608. The number of aromatic hydroxyl groups is 1. The fourth-order valence-electron chi connectivity index (χ4n) is 5.06. The van der Waals surface area contributed by atoms with Crippen molar-refractivity contribution in [3.8, 4) is 11.5 Å². The van der Waals surface area contributed by atoms with E-state index in [4.69, 9.17) is 9.47 Å². The average molecular weight is 347 g/mol. The molecule has 2 bridgehead atoms. The Bertz CT molecular complexity index is 790. The number of Topliss-reactive ketones (excluding diaryl/α,β-unsaturated/α-hetero) is 1. The summed E-state index contributed by atoms with van der Waals surface area (Å²) in [6.45, 7) is 0.794. The van der Waals surface area contributed by atoms with Gasteiger partial charge in [0.1, 0.15) is 5.82 Å². The fourth-order valence-corrected chi connectivity index (χ4v) is 5.06. The van der Waals surface area contributed by atoms with E-state index in [1.165, 1.54) is 20.3 Å². The molecule has 1 unspecified atom stereocenters. The van der Waals surface area contributed by atoms with E-state index in [1.54, 1.807) is 0 Å². The minimum Gasteiger partial charge on any atom is -0.504 e. The topological polar surface area (TPSA) is 59.0 Å². The predicted molar refractivity (Wildman–Crippen MR) is 89.2 cm³/mol. The largest absolute Gasteiger partial charge is 0.504 e. The van der Waals surface area contributed by atoms with Gasteiger partial charge in [0.2, 0.25) is 0 Å². The SMILES string of the molecule is COC1=CC2[C@@H]3Cc4c(F)cc(OC)c(O)c4[C@]2(CCN3C)CC1=O. The van der Waals surface area contributed by atoms with Crippen LogP contribution in [0.1, 0.15) is 24.0 Å². The monoisotopic (exact) mass is 347 g/mol. The summed E-state index contributed by atoms with van der Waals surface area (Å²) in [5.41, 5.74) is 0.454. The summed E-state index contributed by atoms with van der Waals surface area (Å²) in [6, 6.07) is 1.31. The lowest BCUT2D eigenvalue weighted by atomic mass is 9.53. The first kappa shape index (κ1) is 16.4. The van der Waals surface area contributed by atoms with Crippen molar-refractivity contribution >= 4 is 5.78 Å². The highest BCUT2D eigenvalue weighted by atomic mass is 19.1. The number of likely N-dealkylation sites (tertiary alicyclic amines) is 1. The lowest BCUT2D eigenvalue weighted by molar-refractivity contribution is -0.122. The zero-order valence-electron chi connectivity index (χ0n) is 14.6. The maximum atomic E-state index is 14.8. The highest BCUT2D eigenvalue weighted by Gasteiger charge is 2.57. The molecular weight excluding hydrogens is 325 g/mol. The van der Waals surface area contributed by atoms with Gasteiger partial charge in [-0.1, -0.05) is 0 Å². The van der Waals surface area contributed by atoms with Crippen molar-refractivity contribution in [2.24, 2.45) is 5.92 Å². The van der Waals surface area contributed by atoms with E-state index in [1.807, 2.05) is 13.1 Å². The Hall–Kier alpha value is -2.08. The van der Waals surface area contributed by atoms with E-state index >= 15 is 0 Å². The smallest absolute Gasteiger partial charge is 0.197 e. The molecular formula is C19H22FNO4. The number of likely N-dealkylation sites (N-methyl/N-ethyl adjacent to an activating group) is 1. The van der Waals surface area contributed by atoms with Crippen molar-refractivity contribution in [3.63, 3.8) is 0 Å². The van der Waals surface area contributed by atoms with Crippen molar-refractivity contribution in [2.75, 3.05) is 27.8 Å². The third kappa shape index (κ3) is 2.06. The average Bonchev–Trinajstić information content (AvgIpc) is 2.59. The highest BCUT2D eigenvalue weighted by molar-refractivity contribution is 5.96. The van der Waals surface area contributed by atoms with Gasteiger partial charge in [-0.25, -0.2) is 4.39 Å². The van der Waals surface area contributed by atoms with Crippen LogP contribution in [-0.2, 0) is 21.4 Å². The molecule has 0 aromatic heterocycles. The first-order chi connectivity index (χ1) is 11.9. The second-order valence-electron chi connectivity index (χ2n) is 7.28. The second kappa shape index (κ2) is 5.46. The van der Waals surface area contributed by atoms with Crippen LogP contribution < -0.4 is 4.74 Å². The van der Waals surface area contributed by atoms with Gasteiger partial charge in [-0.15, -0.1) is 0 Å². The fraction of sp³-hybridized carbons (Fsp3) is 0.526. The molecule has 0 amide bonds. The molecule has 1 aromatic rings. The van der Waals surface area contributed by atoms with E-state index in [9.17, 15) is 14.3 Å². The van der Waals surface area contributed by atoms with Gasteiger partial charge < -0.3 is 19.5 Å². The van der Waals surface area contributed by atoms with Crippen molar-refractivity contribution in [1.82, 2.24) is 4.90 Å². The molecule has 134 valence electrons. The number of hydrogen-bond acceptors (Lipinski definition) is 5. The molecule has 6 heteroatoms. The van der Waals surface area contributed by atoms with Gasteiger partial charge in [0.15, 0.2) is 23.0 Å². The normalized spacial score (nSPS) is 31.0. The molecule has 1 saturated heterocycles. The maximum Gasteiger partial charge on any atom is 0.197 e. The van der Waals surface area contributed by atoms with E-state index in [-0.39, 0.29) is 41.5 Å². The molecule has 1 N–H and O–H groups in total. The molecule has 1 heterocycles. The number of piperidine rings is 1. The Kier molecular flexibility index (Phi) is 3.58. The Morgan fingerprint density at radius 1 is 1.36 bits per heavy atom. The summed E-state index contributed by atoms with van der Waals surface area (Å²) in [5, 5.41) is 10.8. The van der Waals surface area contributed by atoms with Gasteiger partial charge in [-0.3, -0.25) is 4.79 Å². The molecule has 1 aromatic carbocycles. The number of halogens is 1. The molecule has 5 nitrogen and oxygen atoms in total. The van der Waals surface area contributed by atoms with Crippen LogP contribution in [0.4, 0.5) is 4.39 Å². The van der Waals surface area contributed by atoms with Gasteiger partial charge >= 0.3 is 0 Å². The number of allylic oxidation sites excluding steroid dienone is 1. The van der Waals surface area contributed by atoms with Crippen molar-refractivity contribution in [3.05, 3.63) is 34.8 Å². The first-order valence-corrected chi connectivity index (χ1v) is 8.51. The molecule has 1 aliphatic heterocycles. The van der Waals surface area contributed by atoms with E-state index < -0.39 is 5.41 Å². The lowest BCUT2D eigenvalue weighted by Crippen LogP contribution is -2.60. The zero-order valence-corrected chi connectivity index (χ0v) is 14.6. The molecule has 2 aliphatic carbocycles. The standard InChI is InChI=1S/C19H22FNO4/c1-21-5-4-19-9-14(22)15(24-2)7-11(19)13(21)6-10-12(20)8-16(25-3)18(23)17(10)19/h7-8,11,13,23H,4-6,9H2,1-3H3/t11?,13-,19+/m0/s1. The number of ketones is 1. The third-order valence-electron chi connectivity index (χ3n) is 6.28.